The molecule has 0 unspecified atom stereocenters. The lowest BCUT2D eigenvalue weighted by Crippen LogP contribution is -2.49. The normalized spacial score (nSPS) is 14.9. The Morgan fingerprint density at radius 2 is 0.583 bits per heavy atom. The number of amides is 1. The number of hydrogen-bond acceptors (Lipinski definition) is 23. The molecule has 2 aromatic carbocycles. The quantitative estimate of drug-likeness (QED) is 0.0463. The standard InChI is InChI=1S/C18H15F3N4O.C14H12F6N6.2C9H11F3N4.C9H6O2.C5H2ClF3N2.C4H10N2.CH4.FH.HI.2H2/c19-18(20,21)15-8-9-22-17(23-15)25-12-10-24(11-13-25)16(26)7-6-14-4-2-1-3-5-14;15-13(16,17)9-1-3-21-11(23-9)25-5-7-26(8-6-25)12-22-4-2-10(24-12)14(18,19)20;2*10-9(11,12)7-1-2-14-8(15-7)16-5-3-13-4-6-16;10-9(11)7-6-8-4-2-1-3-5-8;6-4-10-2-1-3(11-4)5(7,8)9;1-2-6-4-3-5-1;;;;;/h1-5,8-9H,10-13H2;1-4H,5-8H2;2*1-2,13H,3-6H2;1-5H,(H,10,11);1-2H;5-6H,1-4H2;1H4;4*1H. The lowest BCUT2D eigenvalue weighted by Gasteiger charge is -2.34. The summed E-state index contributed by atoms with van der Waals surface area (Å²) in [7, 11) is 0. The number of aliphatic carboxylic acids is 1. The second-order valence-corrected chi connectivity index (χ2v) is 23.5. The molecule has 0 bridgehead atoms. The fourth-order valence-electron chi connectivity index (χ4n) is 9.71. The van der Waals surface area contributed by atoms with Gasteiger partial charge in [-0.25, -0.2) is 64.6 Å². The van der Waals surface area contributed by atoms with Gasteiger partial charge in [0.05, 0.1) is 0 Å². The third-order valence-electron chi connectivity index (χ3n) is 15.2. The summed E-state index contributed by atoms with van der Waals surface area (Å²) in [5.41, 5.74) is -4.43. The van der Waals surface area contributed by atoms with Gasteiger partial charge in [0.1, 0.15) is 34.2 Å². The molecule has 5 aliphatic heterocycles. The minimum atomic E-state index is -4.58. The Hall–Kier alpha value is -10.5. The number of piperazine rings is 5. The third-order valence-corrected chi connectivity index (χ3v) is 15.4. The summed E-state index contributed by atoms with van der Waals surface area (Å²) in [5.74, 6) is 8.66. The van der Waals surface area contributed by atoms with Crippen LogP contribution in [-0.2, 0) is 46.6 Å². The van der Waals surface area contributed by atoms with E-state index in [-0.39, 0.29) is 101 Å². The Morgan fingerprint density at radius 3 is 0.826 bits per heavy atom. The zero-order valence-corrected chi connectivity index (χ0v) is 62.2. The Balaban J connectivity index is 0.000000477. The maximum absolute atomic E-state index is 12.8. The minimum absolute atomic E-state index is 0. The molecule has 0 saturated carbocycles. The van der Waals surface area contributed by atoms with Crippen molar-refractivity contribution in [3.05, 3.63) is 185 Å². The number of benzene rings is 2. The Kier molecular flexibility index (Phi) is 38.9. The first-order valence-electron chi connectivity index (χ1n) is 33.3. The third kappa shape index (κ3) is 33.8. The van der Waals surface area contributed by atoms with Crippen LogP contribution in [0.15, 0.2) is 134 Å². The Morgan fingerprint density at radius 1 is 0.348 bits per heavy atom. The van der Waals surface area contributed by atoms with Crippen LogP contribution in [0.2, 0.25) is 5.28 Å². The van der Waals surface area contributed by atoms with Gasteiger partial charge in [-0.2, -0.15) is 79.0 Å². The molecule has 5 N–H and O–H groups in total. The number of carboxylic acids is 1. The molecule has 6 aromatic heterocycles. The zero-order chi connectivity index (χ0) is 81.5. The van der Waals surface area contributed by atoms with E-state index in [1.165, 1.54) is 9.80 Å². The van der Waals surface area contributed by atoms with Crippen LogP contribution < -0.4 is 45.8 Å². The fraction of sp³-hybridized carbons (Fsp3) is 0.391. The first-order valence-corrected chi connectivity index (χ1v) is 33.7. The van der Waals surface area contributed by atoms with Crippen LogP contribution >= 0.6 is 35.6 Å². The van der Waals surface area contributed by atoms with E-state index >= 15 is 0 Å². The number of rotatable bonds is 5. The molecule has 8 aromatic rings. The van der Waals surface area contributed by atoms with Crippen LogP contribution in [0, 0.1) is 23.7 Å². The van der Waals surface area contributed by atoms with E-state index < -0.39 is 82.5 Å². The second kappa shape index (κ2) is 46.2. The topological polar surface area (TPSA) is 277 Å². The summed E-state index contributed by atoms with van der Waals surface area (Å²) in [5, 5.41) is 20.5. The molecule has 0 spiro atoms. The van der Waals surface area contributed by atoms with Crippen molar-refractivity contribution in [3.63, 3.8) is 0 Å². The van der Waals surface area contributed by atoms with Crippen molar-refractivity contribution in [3.8, 4) is 23.7 Å². The van der Waals surface area contributed by atoms with Crippen molar-refractivity contribution in [1.82, 2.24) is 86.0 Å². The van der Waals surface area contributed by atoms with E-state index in [0.717, 1.165) is 137 Å². The molecule has 5 saturated heterocycles. The number of nitrogens with zero attached hydrogens (tertiary/aromatic N) is 18. The molecule has 1 amide bonds. The summed E-state index contributed by atoms with van der Waals surface area (Å²) >= 11 is 5.13. The van der Waals surface area contributed by atoms with Crippen LogP contribution in [0.4, 0.5) is 113 Å². The van der Waals surface area contributed by atoms with Crippen LogP contribution in [0.25, 0.3) is 0 Å². The van der Waals surface area contributed by atoms with Gasteiger partial charge in [0.15, 0.2) is 0 Å². The first-order chi connectivity index (χ1) is 53.0. The summed E-state index contributed by atoms with van der Waals surface area (Å²) in [6.45, 7) is 12.3. The maximum Gasteiger partial charge on any atom is 0.433 e. The second-order valence-electron chi connectivity index (χ2n) is 23.2. The molecule has 13 rings (SSSR count). The van der Waals surface area contributed by atoms with Crippen molar-refractivity contribution in [2.24, 2.45) is 0 Å². The molecule has 25 nitrogen and oxygen atoms in total. The largest absolute Gasteiger partial charge is 0.472 e. The molecular formula is C69H77ClF19IN22O3. The van der Waals surface area contributed by atoms with Crippen molar-refractivity contribution in [2.45, 2.75) is 44.5 Å². The molecular weight excluding hydrogens is 1710 g/mol. The number of carboxylic acid groups (broad SMARTS) is 1. The molecule has 0 aliphatic carbocycles. The van der Waals surface area contributed by atoms with Gasteiger partial charge in [-0.1, -0.05) is 55.7 Å². The van der Waals surface area contributed by atoms with E-state index in [9.17, 15) is 88.6 Å². The molecule has 5 aliphatic rings. The molecule has 115 heavy (non-hydrogen) atoms. The Bertz CT molecular complexity index is 4240. The SMILES string of the molecule is C.C1CNCCN1.F.FC(F)(F)c1ccnc(Cl)n1.FC(F)(F)c1ccnc(N2CCN(c3nccc(C(F)(F)F)n3)CC2)n1.FC(F)(F)c1ccnc(N2CCNCC2)n1.FC(F)(F)c1ccnc(N2CCNCC2)n1.I.O=C(C#Cc1ccccc1)N1CCN(c2nccc(C(F)(F)F)n2)CC1.O=C(O)C#Cc1ccccc1.[HH].[HH]. The number of nitrogens with one attached hydrogen (secondary N) is 4. The minimum Gasteiger partial charge on any atom is -0.472 e. The molecule has 11 heterocycles. The average molecular weight is 1790 g/mol. The van der Waals surface area contributed by atoms with Gasteiger partial charge in [-0.3, -0.25) is 9.50 Å². The number of carbonyl (C=O) groups is 2. The maximum atomic E-state index is 12.8. The van der Waals surface area contributed by atoms with Crippen molar-refractivity contribution >= 4 is 77.2 Å². The molecule has 0 atom stereocenters. The number of anilines is 5. The van der Waals surface area contributed by atoms with Crippen LogP contribution in [0.5, 0.6) is 0 Å². The first kappa shape index (κ1) is 96.9. The van der Waals surface area contributed by atoms with Gasteiger partial charge in [-0.05, 0) is 72.3 Å². The molecule has 5 fully saturated rings. The van der Waals surface area contributed by atoms with Gasteiger partial charge < -0.3 is 55.8 Å². The monoisotopic (exact) mass is 1780 g/mol. The van der Waals surface area contributed by atoms with E-state index in [1.807, 2.05) is 54.5 Å². The van der Waals surface area contributed by atoms with Crippen molar-refractivity contribution < 1.29 is 101 Å². The number of halogens is 21. The zero-order valence-electron chi connectivity index (χ0n) is 59.2. The highest BCUT2D eigenvalue weighted by atomic mass is 127. The van der Waals surface area contributed by atoms with E-state index in [4.69, 9.17) is 16.7 Å². The lowest BCUT2D eigenvalue weighted by atomic mass is 10.2. The number of carbonyl (C=O) groups excluding carboxylic acids is 1. The van der Waals surface area contributed by atoms with Crippen LogP contribution in [-0.4, -0.2) is 213 Å². The average Bonchev–Trinajstić information content (AvgIpc) is 0.809. The van der Waals surface area contributed by atoms with Crippen LogP contribution in [0.1, 0.15) is 55.6 Å². The smallest absolute Gasteiger partial charge is 0.433 e. The summed E-state index contributed by atoms with van der Waals surface area (Å²) in [6.07, 6.45) is -20.6. The van der Waals surface area contributed by atoms with Crippen molar-refractivity contribution in [1.29, 1.82) is 0 Å². The number of alkyl halides is 18. The summed E-state index contributed by atoms with van der Waals surface area (Å²) < 4.78 is 225. The number of aromatic nitrogens is 12. The van der Waals surface area contributed by atoms with E-state index in [0.29, 0.717) is 52.4 Å². The van der Waals surface area contributed by atoms with E-state index in [2.05, 4.69) is 98.8 Å². The molecule has 628 valence electrons. The van der Waals surface area contributed by atoms with E-state index in [1.54, 1.807) is 31.7 Å². The van der Waals surface area contributed by atoms with Gasteiger partial charge in [0, 0.05) is 194 Å². The van der Waals surface area contributed by atoms with Gasteiger partial charge in [0.2, 0.25) is 35.0 Å². The molecule has 0 radical (unpaired) electrons. The summed E-state index contributed by atoms with van der Waals surface area (Å²) in [6, 6.07) is 23.0. The number of hydrogen-bond donors (Lipinski definition) is 5. The van der Waals surface area contributed by atoms with Crippen molar-refractivity contribution in [2.75, 3.05) is 155 Å². The highest BCUT2D eigenvalue weighted by Crippen LogP contribution is 2.33. The predicted octanol–water partition coefficient (Wildman–Crippen LogP) is 11.0. The van der Waals surface area contributed by atoms with Crippen LogP contribution in [0.3, 0.4) is 0 Å². The predicted molar refractivity (Wildman–Crippen MR) is 399 cm³/mol. The van der Waals surface area contributed by atoms with Gasteiger partial charge in [0.25, 0.3) is 5.91 Å². The Labute approximate surface area is 670 Å². The van der Waals surface area contributed by atoms with Gasteiger partial charge >= 0.3 is 43.0 Å². The lowest BCUT2D eigenvalue weighted by molar-refractivity contribution is -0.142. The molecule has 46 heteroatoms. The highest BCUT2D eigenvalue weighted by Gasteiger charge is 2.38. The van der Waals surface area contributed by atoms with Gasteiger partial charge in [-0.15, -0.1) is 24.0 Å². The highest BCUT2D eigenvalue weighted by molar-refractivity contribution is 14.0. The fourth-order valence-corrected chi connectivity index (χ4v) is 9.86. The summed E-state index contributed by atoms with van der Waals surface area (Å²) in [4.78, 5) is 75.1.